The SMILES string of the molecule is CCC(CC)CC(N)C1CCCCO1. The number of nitrogens with two attached hydrogens (primary N) is 1. The average molecular weight is 199 g/mol. The van der Waals surface area contributed by atoms with E-state index in [1.165, 1.54) is 32.1 Å². The van der Waals surface area contributed by atoms with E-state index >= 15 is 0 Å². The van der Waals surface area contributed by atoms with Gasteiger partial charge in [-0.25, -0.2) is 0 Å². The zero-order valence-electron chi connectivity index (χ0n) is 9.67. The zero-order chi connectivity index (χ0) is 10.4. The lowest BCUT2D eigenvalue weighted by molar-refractivity contribution is -0.00425. The van der Waals surface area contributed by atoms with E-state index in [0.717, 1.165) is 18.9 Å². The predicted octanol–water partition coefficient (Wildman–Crippen LogP) is 2.71. The second-order valence-corrected chi connectivity index (χ2v) is 4.49. The lowest BCUT2D eigenvalue weighted by Gasteiger charge is -2.29. The van der Waals surface area contributed by atoms with Gasteiger partial charge in [0, 0.05) is 12.6 Å². The molecule has 1 fully saturated rings. The highest BCUT2D eigenvalue weighted by Gasteiger charge is 2.22. The van der Waals surface area contributed by atoms with Crippen LogP contribution in [0.2, 0.25) is 0 Å². The molecule has 84 valence electrons. The highest BCUT2D eigenvalue weighted by atomic mass is 16.5. The van der Waals surface area contributed by atoms with Crippen molar-refractivity contribution in [3.8, 4) is 0 Å². The highest BCUT2D eigenvalue weighted by Crippen LogP contribution is 2.21. The summed E-state index contributed by atoms with van der Waals surface area (Å²) in [6.45, 7) is 5.42. The van der Waals surface area contributed by atoms with Gasteiger partial charge in [-0.1, -0.05) is 26.7 Å². The Bertz CT molecular complexity index is 139. The quantitative estimate of drug-likeness (QED) is 0.739. The van der Waals surface area contributed by atoms with E-state index in [1.54, 1.807) is 0 Å². The summed E-state index contributed by atoms with van der Waals surface area (Å²) in [5.74, 6) is 0.788. The Labute approximate surface area is 88.2 Å². The fourth-order valence-corrected chi connectivity index (χ4v) is 2.26. The third-order valence-electron chi connectivity index (χ3n) is 3.45. The van der Waals surface area contributed by atoms with E-state index in [-0.39, 0.29) is 6.04 Å². The Kier molecular flexibility index (Phi) is 5.49. The Balaban J connectivity index is 2.27. The summed E-state index contributed by atoms with van der Waals surface area (Å²) in [6, 6.07) is 0.264. The Morgan fingerprint density at radius 2 is 2.00 bits per heavy atom. The van der Waals surface area contributed by atoms with Crippen LogP contribution in [0.1, 0.15) is 52.4 Å². The molecule has 2 N–H and O–H groups in total. The van der Waals surface area contributed by atoms with Crippen molar-refractivity contribution < 1.29 is 4.74 Å². The molecule has 0 aromatic carbocycles. The lowest BCUT2D eigenvalue weighted by Crippen LogP contribution is -2.40. The number of hydrogen-bond acceptors (Lipinski definition) is 2. The molecule has 1 aliphatic heterocycles. The first-order valence-corrected chi connectivity index (χ1v) is 6.15. The second kappa shape index (κ2) is 6.41. The summed E-state index contributed by atoms with van der Waals surface area (Å²) in [5, 5.41) is 0. The third-order valence-corrected chi connectivity index (χ3v) is 3.45. The number of ether oxygens (including phenoxy) is 1. The molecule has 1 saturated heterocycles. The van der Waals surface area contributed by atoms with E-state index in [2.05, 4.69) is 13.8 Å². The van der Waals surface area contributed by atoms with Gasteiger partial charge in [0.05, 0.1) is 6.10 Å². The fourth-order valence-electron chi connectivity index (χ4n) is 2.26. The summed E-state index contributed by atoms with van der Waals surface area (Å²) >= 11 is 0. The summed E-state index contributed by atoms with van der Waals surface area (Å²) in [4.78, 5) is 0. The van der Waals surface area contributed by atoms with Gasteiger partial charge in [-0.05, 0) is 31.6 Å². The smallest absolute Gasteiger partial charge is 0.0726 e. The van der Waals surface area contributed by atoms with Crippen molar-refractivity contribution in [1.82, 2.24) is 0 Å². The molecule has 2 nitrogen and oxygen atoms in total. The number of rotatable bonds is 5. The maximum Gasteiger partial charge on any atom is 0.0726 e. The molecule has 0 radical (unpaired) electrons. The Morgan fingerprint density at radius 1 is 1.29 bits per heavy atom. The summed E-state index contributed by atoms with van der Waals surface area (Å²) in [6.07, 6.45) is 7.65. The van der Waals surface area contributed by atoms with Gasteiger partial charge >= 0.3 is 0 Å². The minimum absolute atomic E-state index is 0.264. The molecule has 2 unspecified atom stereocenters. The van der Waals surface area contributed by atoms with Crippen LogP contribution in [0.4, 0.5) is 0 Å². The van der Waals surface area contributed by atoms with Crippen molar-refractivity contribution in [2.75, 3.05) is 6.61 Å². The average Bonchev–Trinajstić information content (AvgIpc) is 2.26. The predicted molar refractivity (Wildman–Crippen MR) is 60.3 cm³/mol. The molecule has 14 heavy (non-hydrogen) atoms. The van der Waals surface area contributed by atoms with Crippen LogP contribution in [0.15, 0.2) is 0 Å². The maximum absolute atomic E-state index is 6.18. The van der Waals surface area contributed by atoms with E-state index in [1.807, 2.05) is 0 Å². The van der Waals surface area contributed by atoms with Crippen LogP contribution in [-0.2, 0) is 4.74 Å². The van der Waals surface area contributed by atoms with Gasteiger partial charge in [-0.3, -0.25) is 0 Å². The minimum atomic E-state index is 0.264. The molecule has 2 atom stereocenters. The van der Waals surface area contributed by atoms with E-state index in [9.17, 15) is 0 Å². The molecule has 0 amide bonds. The van der Waals surface area contributed by atoms with Crippen molar-refractivity contribution in [3.05, 3.63) is 0 Å². The normalized spacial score (nSPS) is 25.3. The zero-order valence-corrected chi connectivity index (χ0v) is 9.67. The van der Waals surface area contributed by atoms with Crippen LogP contribution in [0.3, 0.4) is 0 Å². The van der Waals surface area contributed by atoms with Crippen molar-refractivity contribution in [2.45, 2.75) is 64.5 Å². The molecule has 0 aliphatic carbocycles. The van der Waals surface area contributed by atoms with Crippen LogP contribution < -0.4 is 5.73 Å². The molecule has 0 aromatic rings. The van der Waals surface area contributed by atoms with E-state index in [4.69, 9.17) is 10.5 Å². The fraction of sp³-hybridized carbons (Fsp3) is 1.00. The lowest BCUT2D eigenvalue weighted by atomic mass is 9.90. The van der Waals surface area contributed by atoms with Crippen LogP contribution in [0, 0.1) is 5.92 Å². The molecule has 1 heterocycles. The third kappa shape index (κ3) is 3.58. The molecular weight excluding hydrogens is 174 g/mol. The van der Waals surface area contributed by atoms with Crippen LogP contribution >= 0.6 is 0 Å². The molecule has 0 aromatic heterocycles. The monoisotopic (exact) mass is 199 g/mol. The van der Waals surface area contributed by atoms with Gasteiger partial charge in [0.1, 0.15) is 0 Å². The van der Waals surface area contributed by atoms with Crippen molar-refractivity contribution in [2.24, 2.45) is 11.7 Å². The second-order valence-electron chi connectivity index (χ2n) is 4.49. The Hall–Kier alpha value is -0.0800. The first kappa shape index (κ1) is 12.0. The summed E-state index contributed by atoms with van der Waals surface area (Å²) < 4.78 is 5.70. The standard InChI is InChI=1S/C12H25NO/c1-3-10(4-2)9-11(13)12-7-5-6-8-14-12/h10-12H,3-9,13H2,1-2H3. The van der Waals surface area contributed by atoms with Gasteiger partial charge in [-0.2, -0.15) is 0 Å². The van der Waals surface area contributed by atoms with Crippen LogP contribution in [0.5, 0.6) is 0 Å². The summed E-state index contributed by atoms with van der Waals surface area (Å²) in [7, 11) is 0. The van der Waals surface area contributed by atoms with Gasteiger partial charge in [0.25, 0.3) is 0 Å². The van der Waals surface area contributed by atoms with Gasteiger partial charge in [0.2, 0.25) is 0 Å². The molecule has 2 heteroatoms. The molecule has 0 spiro atoms. The van der Waals surface area contributed by atoms with Crippen LogP contribution in [-0.4, -0.2) is 18.8 Å². The van der Waals surface area contributed by atoms with Crippen molar-refractivity contribution in [3.63, 3.8) is 0 Å². The van der Waals surface area contributed by atoms with Gasteiger partial charge in [0.15, 0.2) is 0 Å². The maximum atomic E-state index is 6.18. The van der Waals surface area contributed by atoms with Crippen LogP contribution in [0.25, 0.3) is 0 Å². The summed E-state index contributed by atoms with van der Waals surface area (Å²) in [5.41, 5.74) is 6.18. The molecule has 1 aliphatic rings. The van der Waals surface area contributed by atoms with E-state index in [0.29, 0.717) is 6.10 Å². The first-order valence-electron chi connectivity index (χ1n) is 6.15. The van der Waals surface area contributed by atoms with Crippen molar-refractivity contribution in [1.29, 1.82) is 0 Å². The number of hydrogen-bond donors (Lipinski definition) is 1. The molecule has 1 rings (SSSR count). The van der Waals surface area contributed by atoms with Gasteiger partial charge < -0.3 is 10.5 Å². The van der Waals surface area contributed by atoms with Gasteiger partial charge in [-0.15, -0.1) is 0 Å². The van der Waals surface area contributed by atoms with Crippen molar-refractivity contribution >= 4 is 0 Å². The minimum Gasteiger partial charge on any atom is -0.377 e. The van der Waals surface area contributed by atoms with E-state index < -0.39 is 0 Å². The highest BCUT2D eigenvalue weighted by molar-refractivity contribution is 4.78. The topological polar surface area (TPSA) is 35.2 Å². The molecule has 0 saturated carbocycles. The Morgan fingerprint density at radius 3 is 2.50 bits per heavy atom. The molecule has 0 bridgehead atoms. The first-order chi connectivity index (χ1) is 6.77. The molecular formula is C12H25NO. The largest absolute Gasteiger partial charge is 0.377 e.